The molecule has 2 aliphatic heterocycles. The maximum Gasteiger partial charge on any atom is 0.243 e. The molecular weight excluding hydrogens is 467 g/mol. The molecule has 2 saturated heterocycles. The zero-order valence-electron chi connectivity index (χ0n) is 18.4. The van der Waals surface area contributed by atoms with Crippen molar-refractivity contribution in [3.63, 3.8) is 0 Å². The van der Waals surface area contributed by atoms with Crippen LogP contribution in [0.5, 0.6) is 0 Å². The summed E-state index contributed by atoms with van der Waals surface area (Å²) >= 11 is 1.39. The second-order valence-corrected chi connectivity index (χ2v) is 11.3. The SMILES string of the molecule is Cc1csc(NC(=O)C2CCN(C(=O)C3CCCN(S(=O)(=O)c4ccc(F)cc4)C3)CC2)n1. The van der Waals surface area contributed by atoms with Gasteiger partial charge in [0.2, 0.25) is 21.8 Å². The number of halogens is 1. The van der Waals surface area contributed by atoms with Crippen LogP contribution in [-0.4, -0.2) is 60.6 Å². The second-order valence-electron chi connectivity index (χ2n) is 8.54. The molecule has 2 aliphatic rings. The minimum absolute atomic E-state index is 0.0271. The Labute approximate surface area is 196 Å². The van der Waals surface area contributed by atoms with E-state index in [0.29, 0.717) is 50.4 Å². The second kappa shape index (κ2) is 9.86. The number of sulfonamides is 1. The van der Waals surface area contributed by atoms with Crippen molar-refractivity contribution in [1.82, 2.24) is 14.2 Å². The first-order chi connectivity index (χ1) is 15.7. The first-order valence-corrected chi connectivity index (χ1v) is 13.3. The Morgan fingerprint density at radius 3 is 2.42 bits per heavy atom. The Morgan fingerprint density at radius 2 is 1.79 bits per heavy atom. The Balaban J connectivity index is 1.33. The number of nitrogens with zero attached hydrogens (tertiary/aromatic N) is 3. The molecule has 0 radical (unpaired) electrons. The van der Waals surface area contributed by atoms with Crippen LogP contribution < -0.4 is 5.32 Å². The van der Waals surface area contributed by atoms with Gasteiger partial charge in [0.05, 0.1) is 16.5 Å². The standard InChI is InChI=1S/C22H27FN4O4S2/c1-15-14-32-22(24-15)25-20(28)16-8-11-26(12-9-16)21(29)17-3-2-10-27(13-17)33(30,31)19-6-4-18(23)5-7-19/h4-7,14,16-17H,2-3,8-13H2,1H3,(H,24,25,28). The van der Waals surface area contributed by atoms with Crippen molar-refractivity contribution in [3.05, 3.63) is 41.2 Å². The summed E-state index contributed by atoms with van der Waals surface area (Å²) in [4.78, 5) is 31.7. The lowest BCUT2D eigenvalue weighted by atomic mass is 9.93. The maximum atomic E-state index is 13.2. The molecule has 2 amide bonds. The number of piperidine rings is 2. The van der Waals surface area contributed by atoms with E-state index < -0.39 is 21.8 Å². The molecule has 1 unspecified atom stereocenters. The minimum atomic E-state index is -3.79. The van der Waals surface area contributed by atoms with Crippen molar-refractivity contribution in [2.24, 2.45) is 11.8 Å². The van der Waals surface area contributed by atoms with Crippen LogP contribution in [0.2, 0.25) is 0 Å². The van der Waals surface area contributed by atoms with Gasteiger partial charge in [0.1, 0.15) is 5.82 Å². The number of nitrogens with one attached hydrogen (secondary N) is 1. The van der Waals surface area contributed by atoms with Crippen molar-refractivity contribution in [2.45, 2.75) is 37.5 Å². The van der Waals surface area contributed by atoms with Crippen LogP contribution >= 0.6 is 11.3 Å². The summed E-state index contributed by atoms with van der Waals surface area (Å²) in [6, 6.07) is 4.74. The van der Waals surface area contributed by atoms with E-state index in [-0.39, 0.29) is 29.2 Å². The monoisotopic (exact) mass is 494 g/mol. The molecule has 2 aromatic rings. The number of benzene rings is 1. The Morgan fingerprint density at radius 1 is 1.09 bits per heavy atom. The number of carbonyl (C=O) groups excluding carboxylic acids is 2. The zero-order chi connectivity index (χ0) is 23.6. The number of anilines is 1. The van der Waals surface area contributed by atoms with Gasteiger partial charge in [-0.25, -0.2) is 17.8 Å². The zero-order valence-corrected chi connectivity index (χ0v) is 20.0. The number of rotatable bonds is 5. The van der Waals surface area contributed by atoms with Gasteiger partial charge in [-0.15, -0.1) is 11.3 Å². The summed E-state index contributed by atoms with van der Waals surface area (Å²) in [6.45, 7) is 3.25. The van der Waals surface area contributed by atoms with Crippen molar-refractivity contribution < 1.29 is 22.4 Å². The fourth-order valence-corrected chi connectivity index (χ4v) is 6.57. The molecule has 0 aliphatic carbocycles. The lowest BCUT2D eigenvalue weighted by Gasteiger charge is -2.37. The summed E-state index contributed by atoms with van der Waals surface area (Å²) in [5.41, 5.74) is 0.860. The largest absolute Gasteiger partial charge is 0.342 e. The summed E-state index contributed by atoms with van der Waals surface area (Å²) in [5, 5.41) is 5.31. The predicted octanol–water partition coefficient (Wildman–Crippen LogP) is 2.87. The van der Waals surface area contributed by atoms with Crippen molar-refractivity contribution in [2.75, 3.05) is 31.5 Å². The van der Waals surface area contributed by atoms with Gasteiger partial charge >= 0.3 is 0 Å². The smallest absolute Gasteiger partial charge is 0.243 e. The third-order valence-electron chi connectivity index (χ3n) is 6.21. The number of hydrogen-bond acceptors (Lipinski definition) is 6. The lowest BCUT2D eigenvalue weighted by molar-refractivity contribution is -0.139. The molecule has 178 valence electrons. The van der Waals surface area contributed by atoms with E-state index in [9.17, 15) is 22.4 Å². The van der Waals surface area contributed by atoms with Gasteiger partial charge in [0, 0.05) is 37.5 Å². The minimum Gasteiger partial charge on any atom is -0.342 e. The molecule has 1 aromatic heterocycles. The summed E-state index contributed by atoms with van der Waals surface area (Å²) in [7, 11) is -3.79. The topological polar surface area (TPSA) is 99.7 Å². The number of carbonyl (C=O) groups is 2. The summed E-state index contributed by atoms with van der Waals surface area (Å²) < 4.78 is 40.4. The van der Waals surface area contributed by atoms with Crippen LogP contribution in [0.1, 0.15) is 31.4 Å². The number of amides is 2. The van der Waals surface area contributed by atoms with Crippen molar-refractivity contribution in [1.29, 1.82) is 0 Å². The van der Waals surface area contributed by atoms with E-state index >= 15 is 0 Å². The van der Waals surface area contributed by atoms with Crippen molar-refractivity contribution in [3.8, 4) is 0 Å². The first kappa shape index (κ1) is 23.8. The van der Waals surface area contributed by atoms with E-state index in [1.807, 2.05) is 12.3 Å². The van der Waals surface area contributed by atoms with E-state index in [0.717, 1.165) is 17.8 Å². The maximum absolute atomic E-state index is 13.2. The van der Waals surface area contributed by atoms with Crippen LogP contribution in [0.15, 0.2) is 34.5 Å². The molecule has 8 nitrogen and oxygen atoms in total. The quantitative estimate of drug-likeness (QED) is 0.689. The fourth-order valence-electron chi connectivity index (χ4n) is 4.36. The normalized spacial score (nSPS) is 20.5. The van der Waals surface area contributed by atoms with E-state index in [1.165, 1.54) is 27.8 Å². The highest BCUT2D eigenvalue weighted by Crippen LogP contribution is 2.27. The fraction of sp³-hybridized carbons (Fsp3) is 0.500. The highest BCUT2D eigenvalue weighted by molar-refractivity contribution is 7.89. The van der Waals surface area contributed by atoms with Crippen LogP contribution in [0.25, 0.3) is 0 Å². The number of hydrogen-bond donors (Lipinski definition) is 1. The molecule has 1 atom stereocenters. The summed E-state index contributed by atoms with van der Waals surface area (Å²) in [5.74, 6) is -1.24. The third kappa shape index (κ3) is 5.42. The lowest BCUT2D eigenvalue weighted by Crippen LogP contribution is -2.49. The van der Waals surface area contributed by atoms with Gasteiger partial charge in [-0.3, -0.25) is 9.59 Å². The van der Waals surface area contributed by atoms with Crippen LogP contribution in [0.3, 0.4) is 0 Å². The van der Waals surface area contributed by atoms with Gasteiger partial charge in [-0.1, -0.05) is 0 Å². The van der Waals surface area contributed by atoms with Crippen molar-refractivity contribution >= 4 is 38.3 Å². The average Bonchev–Trinajstić information content (AvgIpc) is 3.23. The van der Waals surface area contributed by atoms with Gasteiger partial charge in [-0.05, 0) is 56.9 Å². The molecule has 1 N–H and O–H groups in total. The number of thiazole rings is 1. The molecule has 4 rings (SSSR count). The predicted molar refractivity (Wildman–Crippen MR) is 123 cm³/mol. The molecule has 1 aromatic carbocycles. The van der Waals surface area contributed by atoms with E-state index in [2.05, 4.69) is 10.3 Å². The van der Waals surface area contributed by atoms with E-state index in [1.54, 1.807) is 4.90 Å². The van der Waals surface area contributed by atoms with Crippen LogP contribution in [0.4, 0.5) is 9.52 Å². The number of likely N-dealkylation sites (tertiary alicyclic amines) is 1. The Bertz CT molecular complexity index is 1110. The van der Waals surface area contributed by atoms with Crippen LogP contribution in [0, 0.1) is 24.6 Å². The van der Waals surface area contributed by atoms with Gasteiger partial charge in [-0.2, -0.15) is 4.31 Å². The van der Waals surface area contributed by atoms with E-state index in [4.69, 9.17) is 0 Å². The molecule has 11 heteroatoms. The first-order valence-electron chi connectivity index (χ1n) is 11.0. The molecule has 0 saturated carbocycles. The van der Waals surface area contributed by atoms with Gasteiger partial charge in [0.15, 0.2) is 5.13 Å². The highest BCUT2D eigenvalue weighted by atomic mass is 32.2. The Kier molecular flexibility index (Phi) is 7.10. The number of aromatic nitrogens is 1. The molecule has 2 fully saturated rings. The number of aryl methyl sites for hydroxylation is 1. The molecule has 3 heterocycles. The van der Waals surface area contributed by atoms with Gasteiger partial charge < -0.3 is 10.2 Å². The molecule has 33 heavy (non-hydrogen) atoms. The average molecular weight is 495 g/mol. The Hall–Kier alpha value is -2.37. The molecule has 0 spiro atoms. The molecular formula is C22H27FN4O4S2. The third-order valence-corrected chi connectivity index (χ3v) is 8.97. The highest BCUT2D eigenvalue weighted by Gasteiger charge is 2.36. The van der Waals surface area contributed by atoms with Crippen LogP contribution in [-0.2, 0) is 19.6 Å². The summed E-state index contributed by atoms with van der Waals surface area (Å²) in [6.07, 6.45) is 2.33. The van der Waals surface area contributed by atoms with Gasteiger partial charge in [0.25, 0.3) is 0 Å². The molecule has 0 bridgehead atoms.